The summed E-state index contributed by atoms with van der Waals surface area (Å²) in [5.74, 6) is 1.50. The van der Waals surface area contributed by atoms with Crippen molar-refractivity contribution in [3.05, 3.63) is 77.9 Å². The minimum absolute atomic E-state index is 0.0433. The number of amides is 2. The Hall–Kier alpha value is -4.02. The Balaban J connectivity index is 1.24. The molecule has 2 fully saturated rings. The van der Waals surface area contributed by atoms with Gasteiger partial charge in [0, 0.05) is 23.2 Å². The molecule has 2 amide bonds. The maximum Gasteiger partial charge on any atom is 0.319 e. The van der Waals surface area contributed by atoms with E-state index in [9.17, 15) is 4.79 Å². The monoisotopic (exact) mass is 510 g/mol. The van der Waals surface area contributed by atoms with Crippen LogP contribution in [0.15, 0.2) is 66.7 Å². The van der Waals surface area contributed by atoms with E-state index in [1.807, 2.05) is 48.5 Å². The van der Waals surface area contributed by atoms with Crippen molar-refractivity contribution in [2.45, 2.75) is 43.2 Å². The third-order valence-electron chi connectivity index (χ3n) is 8.29. The average Bonchev–Trinajstić information content (AvgIpc) is 3.29. The Morgan fingerprint density at radius 3 is 2.53 bits per heavy atom. The molecule has 1 aliphatic carbocycles. The molecule has 1 saturated heterocycles. The van der Waals surface area contributed by atoms with Crippen molar-refractivity contribution in [3.63, 3.8) is 0 Å². The molecule has 0 radical (unpaired) electrons. The summed E-state index contributed by atoms with van der Waals surface area (Å²) in [5.41, 5.74) is 4.65. The minimum atomic E-state index is -0.187. The molecule has 1 heterocycles. The lowest BCUT2D eigenvalue weighted by Crippen LogP contribution is -2.52. The predicted octanol–water partition coefficient (Wildman–Crippen LogP) is 5.56. The zero-order valence-corrected chi connectivity index (χ0v) is 22.2. The molecule has 0 aromatic heterocycles. The van der Waals surface area contributed by atoms with E-state index in [4.69, 9.17) is 14.7 Å². The third kappa shape index (κ3) is 4.92. The van der Waals surface area contributed by atoms with Crippen LogP contribution in [0.4, 0.5) is 10.5 Å². The Morgan fingerprint density at radius 1 is 1.00 bits per heavy atom. The van der Waals surface area contributed by atoms with E-state index >= 15 is 0 Å². The number of carbonyl (C=O) groups excluding carboxylic acids is 1. The lowest BCUT2D eigenvalue weighted by molar-refractivity contribution is 0.156. The van der Waals surface area contributed by atoms with Gasteiger partial charge in [0.25, 0.3) is 0 Å². The number of hydrogen-bond donors (Lipinski definition) is 2. The van der Waals surface area contributed by atoms with Gasteiger partial charge < -0.3 is 25.0 Å². The number of fused-ring (bicyclic) bond motifs is 1. The van der Waals surface area contributed by atoms with Crippen LogP contribution >= 0.6 is 0 Å². The first-order valence-electron chi connectivity index (χ1n) is 13.1. The number of nitriles is 1. The zero-order valence-electron chi connectivity index (χ0n) is 22.2. The molecule has 3 atom stereocenters. The first-order valence-corrected chi connectivity index (χ1v) is 13.1. The third-order valence-corrected chi connectivity index (χ3v) is 8.29. The largest absolute Gasteiger partial charge is 0.493 e. The van der Waals surface area contributed by atoms with Crippen molar-refractivity contribution >= 4 is 11.7 Å². The van der Waals surface area contributed by atoms with Gasteiger partial charge in [-0.15, -0.1) is 0 Å². The molecule has 3 unspecified atom stereocenters. The van der Waals surface area contributed by atoms with Crippen LogP contribution in [-0.4, -0.2) is 50.8 Å². The number of benzene rings is 3. The highest BCUT2D eigenvalue weighted by molar-refractivity contribution is 5.89. The number of nitrogens with one attached hydrogen (secondary N) is 2. The van der Waals surface area contributed by atoms with Crippen molar-refractivity contribution in [3.8, 4) is 28.7 Å². The first kappa shape index (κ1) is 25.6. The molecule has 0 bridgehead atoms. The van der Waals surface area contributed by atoms with Crippen molar-refractivity contribution in [1.29, 1.82) is 5.26 Å². The number of carbonyl (C=O) groups is 1. The lowest BCUT2D eigenvalue weighted by Gasteiger charge is -2.45. The Morgan fingerprint density at radius 2 is 1.79 bits per heavy atom. The second-order valence-corrected chi connectivity index (χ2v) is 10.3. The summed E-state index contributed by atoms with van der Waals surface area (Å²) in [7, 11) is 5.52. The number of nitrogens with zero attached hydrogens (tertiary/aromatic N) is 2. The van der Waals surface area contributed by atoms with E-state index in [2.05, 4.69) is 40.8 Å². The van der Waals surface area contributed by atoms with Crippen molar-refractivity contribution in [2.75, 3.05) is 33.1 Å². The molecule has 5 rings (SSSR count). The second-order valence-electron chi connectivity index (χ2n) is 10.3. The minimum Gasteiger partial charge on any atom is -0.493 e. The van der Waals surface area contributed by atoms with Crippen molar-refractivity contribution in [2.24, 2.45) is 0 Å². The first-order chi connectivity index (χ1) is 18.5. The molecule has 0 spiro atoms. The molecule has 2 N–H and O–H groups in total. The van der Waals surface area contributed by atoms with Crippen LogP contribution in [0.25, 0.3) is 11.1 Å². The van der Waals surface area contributed by atoms with Crippen molar-refractivity contribution in [1.82, 2.24) is 10.2 Å². The molecule has 7 heteroatoms. The van der Waals surface area contributed by atoms with E-state index < -0.39 is 0 Å². The SMILES string of the molecule is COc1ccc(C23CCC(NC(=O)Nc4ccc(-c5cccc(C#N)c5)cc4)CC2N(C)CC3)cc1OC. The van der Waals surface area contributed by atoms with Gasteiger partial charge in [0.05, 0.1) is 25.9 Å². The second kappa shape index (κ2) is 10.8. The van der Waals surface area contributed by atoms with E-state index in [1.165, 1.54) is 5.56 Å². The van der Waals surface area contributed by atoms with Crippen LogP contribution in [-0.2, 0) is 5.41 Å². The maximum atomic E-state index is 12.9. The number of hydrogen-bond acceptors (Lipinski definition) is 5. The number of anilines is 1. The van der Waals surface area contributed by atoms with Gasteiger partial charge >= 0.3 is 6.03 Å². The van der Waals surface area contributed by atoms with Crippen molar-refractivity contribution < 1.29 is 14.3 Å². The average molecular weight is 511 g/mol. The zero-order chi connectivity index (χ0) is 26.7. The standard InChI is InChI=1S/C31H34N4O3/c1-35-16-15-31(24-9-12-27(37-2)28(18-24)38-3)14-13-26(19-29(31)35)34-30(36)33-25-10-7-22(8-11-25)23-6-4-5-21(17-23)20-32/h4-12,17-18,26,29H,13-16,19H2,1-3H3,(H2,33,34,36). The molecule has 1 aliphatic heterocycles. The summed E-state index contributed by atoms with van der Waals surface area (Å²) >= 11 is 0. The van der Waals surface area contributed by atoms with Gasteiger partial charge in [-0.3, -0.25) is 0 Å². The summed E-state index contributed by atoms with van der Waals surface area (Å²) in [6, 6.07) is 23.9. The molecular formula is C31H34N4O3. The maximum absolute atomic E-state index is 12.9. The van der Waals surface area contributed by atoms with Crippen LogP contribution in [0.3, 0.4) is 0 Å². The molecule has 7 nitrogen and oxygen atoms in total. The topological polar surface area (TPSA) is 86.6 Å². The molecule has 38 heavy (non-hydrogen) atoms. The predicted molar refractivity (Wildman–Crippen MR) is 149 cm³/mol. The van der Waals surface area contributed by atoms with Gasteiger partial charge in [-0.2, -0.15) is 5.26 Å². The number of urea groups is 1. The summed E-state index contributed by atoms with van der Waals surface area (Å²) in [5, 5.41) is 15.3. The fourth-order valence-electron chi connectivity index (χ4n) is 6.26. The van der Waals surface area contributed by atoms with Crippen LogP contribution in [0, 0.1) is 11.3 Å². The number of likely N-dealkylation sites (N-methyl/N-ethyl adjacent to an activating group) is 1. The summed E-state index contributed by atoms with van der Waals surface area (Å²) in [6.45, 7) is 1.03. The van der Waals surface area contributed by atoms with Gasteiger partial charge in [0.2, 0.25) is 0 Å². The fraction of sp³-hybridized carbons (Fsp3) is 0.355. The highest BCUT2D eigenvalue weighted by Crippen LogP contribution is 2.49. The van der Waals surface area contributed by atoms with E-state index in [0.29, 0.717) is 11.6 Å². The highest BCUT2D eigenvalue weighted by atomic mass is 16.5. The Bertz CT molecular complexity index is 1350. The normalized spacial score (nSPS) is 22.7. The number of ether oxygens (including phenoxy) is 2. The van der Waals surface area contributed by atoms with Gasteiger partial charge in [-0.05, 0) is 92.4 Å². The van der Waals surface area contributed by atoms with E-state index in [1.54, 1.807) is 20.3 Å². The van der Waals surface area contributed by atoms with Crippen LogP contribution in [0.2, 0.25) is 0 Å². The molecule has 3 aromatic carbocycles. The highest BCUT2D eigenvalue weighted by Gasteiger charge is 2.50. The number of rotatable bonds is 6. The molecular weight excluding hydrogens is 476 g/mol. The van der Waals surface area contributed by atoms with Crippen LogP contribution < -0.4 is 20.1 Å². The quantitative estimate of drug-likeness (QED) is 0.454. The van der Waals surface area contributed by atoms with Crippen LogP contribution in [0.1, 0.15) is 36.8 Å². The van der Waals surface area contributed by atoms with E-state index in [-0.39, 0.29) is 17.5 Å². The van der Waals surface area contributed by atoms with Gasteiger partial charge in [-0.25, -0.2) is 4.79 Å². The Kier molecular flexibility index (Phi) is 7.26. The van der Waals surface area contributed by atoms with Crippen LogP contribution in [0.5, 0.6) is 11.5 Å². The summed E-state index contributed by atoms with van der Waals surface area (Å²) < 4.78 is 11.1. The van der Waals surface area contributed by atoms with E-state index in [0.717, 1.165) is 60.5 Å². The molecule has 3 aromatic rings. The molecule has 196 valence electrons. The van der Waals surface area contributed by atoms with Gasteiger partial charge in [0.15, 0.2) is 11.5 Å². The Labute approximate surface area is 224 Å². The number of methoxy groups -OCH3 is 2. The van der Waals surface area contributed by atoms with Gasteiger partial charge in [-0.1, -0.05) is 30.3 Å². The molecule has 2 aliphatic rings. The smallest absolute Gasteiger partial charge is 0.319 e. The van der Waals surface area contributed by atoms with Gasteiger partial charge in [0.1, 0.15) is 0 Å². The number of likely N-dealkylation sites (tertiary alicyclic amines) is 1. The fourth-order valence-corrected chi connectivity index (χ4v) is 6.26. The lowest BCUT2D eigenvalue weighted by atomic mass is 9.65. The molecule has 1 saturated carbocycles. The summed E-state index contributed by atoms with van der Waals surface area (Å²) in [6.07, 6.45) is 3.90. The summed E-state index contributed by atoms with van der Waals surface area (Å²) in [4.78, 5) is 15.3.